The molecule has 1 rings (SSSR count). The van der Waals surface area contributed by atoms with E-state index in [2.05, 4.69) is 0 Å². The maximum absolute atomic E-state index is 11.0. The van der Waals surface area contributed by atoms with Crippen molar-refractivity contribution in [1.82, 2.24) is 4.47 Å². The Bertz CT molecular complexity index is 225. The zero-order chi connectivity index (χ0) is 8.48. The maximum Gasteiger partial charge on any atom is 0.235 e. The molecule has 1 aliphatic heterocycles. The van der Waals surface area contributed by atoms with Crippen LogP contribution in [0.2, 0.25) is 0 Å². The second kappa shape index (κ2) is 3.06. The van der Waals surface area contributed by atoms with E-state index in [0.717, 1.165) is 4.47 Å². The summed E-state index contributed by atoms with van der Waals surface area (Å²) in [6, 6.07) is 0. The lowest BCUT2D eigenvalue weighted by Gasteiger charge is -2.11. The number of hydrogen-bond donors (Lipinski definition) is 1. The molecule has 0 bridgehead atoms. The van der Waals surface area contributed by atoms with E-state index in [9.17, 15) is 8.42 Å². The predicted molar refractivity (Wildman–Crippen MR) is 38.1 cm³/mol. The van der Waals surface area contributed by atoms with Crippen LogP contribution in [0.15, 0.2) is 0 Å². The fourth-order valence-electron chi connectivity index (χ4n) is 0.785. The van der Waals surface area contributed by atoms with Crippen molar-refractivity contribution in [1.29, 1.82) is 0 Å². The molecule has 66 valence electrons. The Balaban J connectivity index is 2.64. The van der Waals surface area contributed by atoms with E-state index in [1.54, 1.807) is 0 Å². The molecule has 1 heterocycles. The average molecular weight is 181 g/mol. The molecule has 1 fully saturated rings. The van der Waals surface area contributed by atoms with Gasteiger partial charge < -0.3 is 5.11 Å². The van der Waals surface area contributed by atoms with Crippen LogP contribution in [0.4, 0.5) is 0 Å². The van der Waals surface area contributed by atoms with E-state index in [1.165, 1.54) is 6.92 Å². The molecule has 0 aliphatic carbocycles. The van der Waals surface area contributed by atoms with Crippen LogP contribution in [0.25, 0.3) is 0 Å². The van der Waals surface area contributed by atoms with Gasteiger partial charge in [-0.15, -0.1) is 0 Å². The molecule has 6 heteroatoms. The molecule has 0 radical (unpaired) electrons. The SMILES string of the molecule is CCS(=O)(=O)N1C[C@@H](O)CO1. The van der Waals surface area contributed by atoms with Crippen molar-refractivity contribution in [2.45, 2.75) is 13.0 Å². The first-order valence-electron chi connectivity index (χ1n) is 3.37. The fourth-order valence-corrected chi connectivity index (χ4v) is 1.69. The van der Waals surface area contributed by atoms with Gasteiger partial charge in [-0.3, -0.25) is 4.84 Å². The Hall–Kier alpha value is -0.170. The summed E-state index contributed by atoms with van der Waals surface area (Å²) in [5, 5.41) is 8.93. The third-order valence-corrected chi connectivity index (χ3v) is 3.05. The molecule has 1 atom stereocenters. The van der Waals surface area contributed by atoms with Gasteiger partial charge in [-0.25, -0.2) is 8.42 Å². The number of β-amino-alcohol motifs (C(OH)–C–C–N with tert-alkyl or cyclic N) is 1. The van der Waals surface area contributed by atoms with Gasteiger partial charge in [0.2, 0.25) is 10.0 Å². The molecule has 0 aromatic rings. The molecular formula is C5H11NO4S. The highest BCUT2D eigenvalue weighted by Gasteiger charge is 2.30. The third-order valence-electron chi connectivity index (χ3n) is 1.45. The minimum Gasteiger partial charge on any atom is -0.389 e. The number of nitrogens with zero attached hydrogens (tertiary/aromatic N) is 1. The Labute approximate surface area is 65.6 Å². The highest BCUT2D eigenvalue weighted by atomic mass is 32.2. The second-order valence-corrected chi connectivity index (χ2v) is 4.48. The van der Waals surface area contributed by atoms with Gasteiger partial charge in [-0.1, -0.05) is 4.47 Å². The van der Waals surface area contributed by atoms with E-state index < -0.39 is 16.1 Å². The number of hydroxylamine groups is 1. The minimum absolute atomic E-state index is 0.000278. The lowest BCUT2D eigenvalue weighted by molar-refractivity contribution is -0.0315. The standard InChI is InChI=1S/C5H11NO4S/c1-2-11(8,9)6-3-5(7)4-10-6/h5,7H,2-4H2,1H3/t5-/m1/s1. The smallest absolute Gasteiger partial charge is 0.235 e. The molecule has 1 N–H and O–H groups in total. The van der Waals surface area contributed by atoms with E-state index in [4.69, 9.17) is 9.94 Å². The molecule has 11 heavy (non-hydrogen) atoms. The number of aliphatic hydroxyl groups is 1. The van der Waals surface area contributed by atoms with Crippen LogP contribution >= 0.6 is 0 Å². The van der Waals surface area contributed by atoms with Gasteiger partial charge in [0.05, 0.1) is 25.0 Å². The first-order chi connectivity index (χ1) is 5.06. The van der Waals surface area contributed by atoms with Gasteiger partial charge in [-0.05, 0) is 6.92 Å². The number of rotatable bonds is 2. The lowest BCUT2D eigenvalue weighted by Crippen LogP contribution is -2.29. The average Bonchev–Trinajstić information content (AvgIpc) is 2.36. The van der Waals surface area contributed by atoms with Crippen LogP contribution in [0, 0.1) is 0 Å². The van der Waals surface area contributed by atoms with Crippen molar-refractivity contribution >= 4 is 10.0 Å². The van der Waals surface area contributed by atoms with Crippen LogP contribution in [-0.2, 0) is 14.9 Å². The van der Waals surface area contributed by atoms with Crippen LogP contribution in [0.3, 0.4) is 0 Å². The van der Waals surface area contributed by atoms with Gasteiger partial charge in [0.25, 0.3) is 0 Å². The molecule has 0 aromatic carbocycles. The molecule has 0 unspecified atom stereocenters. The van der Waals surface area contributed by atoms with Crippen LogP contribution < -0.4 is 0 Å². The summed E-state index contributed by atoms with van der Waals surface area (Å²) in [4.78, 5) is 4.72. The summed E-state index contributed by atoms with van der Waals surface area (Å²) < 4.78 is 22.9. The summed E-state index contributed by atoms with van der Waals surface area (Å²) in [5.41, 5.74) is 0. The quantitative estimate of drug-likeness (QED) is 0.590. The molecule has 1 aliphatic rings. The second-order valence-electron chi connectivity index (χ2n) is 2.34. The van der Waals surface area contributed by atoms with Crippen LogP contribution in [-0.4, -0.2) is 43.0 Å². The minimum atomic E-state index is -3.28. The predicted octanol–water partition coefficient (Wildman–Crippen LogP) is -1.06. The van der Waals surface area contributed by atoms with E-state index in [0.29, 0.717) is 0 Å². The van der Waals surface area contributed by atoms with Gasteiger partial charge in [0.15, 0.2) is 0 Å². The van der Waals surface area contributed by atoms with Gasteiger partial charge in [-0.2, -0.15) is 0 Å². The normalized spacial score (nSPS) is 27.6. The summed E-state index contributed by atoms with van der Waals surface area (Å²) in [7, 11) is -3.28. The number of hydrogen-bond acceptors (Lipinski definition) is 4. The van der Waals surface area contributed by atoms with E-state index >= 15 is 0 Å². The zero-order valence-electron chi connectivity index (χ0n) is 6.23. The monoisotopic (exact) mass is 181 g/mol. The summed E-state index contributed by atoms with van der Waals surface area (Å²) >= 11 is 0. The first kappa shape index (κ1) is 8.92. The van der Waals surface area contributed by atoms with Crippen molar-refractivity contribution in [2.24, 2.45) is 0 Å². The van der Waals surface area contributed by atoms with Crippen molar-refractivity contribution in [3.63, 3.8) is 0 Å². The summed E-state index contributed by atoms with van der Waals surface area (Å²) in [6.45, 7) is 1.65. The Morgan fingerprint density at radius 1 is 1.73 bits per heavy atom. The van der Waals surface area contributed by atoms with E-state index in [-0.39, 0.29) is 18.9 Å². The van der Waals surface area contributed by atoms with Gasteiger partial charge in [0, 0.05) is 0 Å². The lowest BCUT2D eigenvalue weighted by atomic mass is 10.4. The van der Waals surface area contributed by atoms with Gasteiger partial charge >= 0.3 is 0 Å². The molecule has 0 aromatic heterocycles. The Morgan fingerprint density at radius 2 is 2.36 bits per heavy atom. The van der Waals surface area contributed by atoms with Crippen LogP contribution in [0.5, 0.6) is 0 Å². The third kappa shape index (κ3) is 1.90. The topological polar surface area (TPSA) is 66.8 Å². The molecule has 0 saturated carbocycles. The molecule has 5 nitrogen and oxygen atoms in total. The molecule has 0 spiro atoms. The summed E-state index contributed by atoms with van der Waals surface area (Å²) in [5.74, 6) is -0.000278. The van der Waals surface area contributed by atoms with Crippen molar-refractivity contribution in [3.8, 4) is 0 Å². The van der Waals surface area contributed by atoms with Crippen molar-refractivity contribution in [3.05, 3.63) is 0 Å². The zero-order valence-corrected chi connectivity index (χ0v) is 7.04. The van der Waals surface area contributed by atoms with Crippen LogP contribution in [0.1, 0.15) is 6.92 Å². The molecule has 0 amide bonds. The summed E-state index contributed by atoms with van der Waals surface area (Å²) in [6.07, 6.45) is -0.684. The Kier molecular flexibility index (Phi) is 2.48. The number of aliphatic hydroxyl groups excluding tert-OH is 1. The number of sulfonamides is 1. The Morgan fingerprint density at radius 3 is 2.73 bits per heavy atom. The largest absolute Gasteiger partial charge is 0.389 e. The fraction of sp³-hybridized carbons (Fsp3) is 1.00. The van der Waals surface area contributed by atoms with E-state index in [1.807, 2.05) is 0 Å². The molecule has 1 saturated heterocycles. The first-order valence-corrected chi connectivity index (χ1v) is 4.98. The van der Waals surface area contributed by atoms with Crippen molar-refractivity contribution in [2.75, 3.05) is 18.9 Å². The van der Waals surface area contributed by atoms with Crippen molar-refractivity contribution < 1.29 is 18.4 Å². The highest BCUT2D eigenvalue weighted by Crippen LogP contribution is 2.10. The maximum atomic E-state index is 11.0. The van der Waals surface area contributed by atoms with Gasteiger partial charge in [0.1, 0.15) is 0 Å². The highest BCUT2D eigenvalue weighted by molar-refractivity contribution is 7.88. The molecular weight excluding hydrogens is 170 g/mol.